The highest BCUT2D eigenvalue weighted by atomic mass is 16.5. The lowest BCUT2D eigenvalue weighted by Gasteiger charge is -2.24. The lowest BCUT2D eigenvalue weighted by Crippen LogP contribution is -2.27. The van der Waals surface area contributed by atoms with E-state index in [1.54, 1.807) is 0 Å². The van der Waals surface area contributed by atoms with Crippen LogP contribution in [0.4, 0.5) is 0 Å². The van der Waals surface area contributed by atoms with Gasteiger partial charge in [0.25, 0.3) is 0 Å². The van der Waals surface area contributed by atoms with Gasteiger partial charge in [0.05, 0.1) is 13.2 Å². The molecule has 0 aromatic carbocycles. The van der Waals surface area contributed by atoms with Crippen LogP contribution in [0, 0.1) is 12.3 Å². The number of hydrogen-bond donors (Lipinski definition) is 0. The molecule has 0 amide bonds. The molecule has 0 spiro atoms. The van der Waals surface area contributed by atoms with Crippen LogP contribution in [0.2, 0.25) is 0 Å². The van der Waals surface area contributed by atoms with Crippen molar-refractivity contribution in [2.24, 2.45) is 5.92 Å². The monoisotopic (exact) mass is 111 g/mol. The smallest absolute Gasteiger partial charge is 0.0519 e. The molecule has 1 aliphatic heterocycles. The van der Waals surface area contributed by atoms with Crippen molar-refractivity contribution in [1.29, 1.82) is 0 Å². The molecule has 8 heavy (non-hydrogen) atoms. The van der Waals surface area contributed by atoms with Gasteiger partial charge in [-0.2, -0.15) is 0 Å². The second kappa shape index (κ2) is 2.88. The molecule has 0 aromatic rings. The summed E-state index contributed by atoms with van der Waals surface area (Å²) < 4.78 is 4.97. The molecule has 1 heterocycles. The van der Waals surface area contributed by atoms with Crippen molar-refractivity contribution in [2.75, 3.05) is 13.2 Å². The van der Waals surface area contributed by atoms with Crippen LogP contribution < -0.4 is 0 Å². The van der Waals surface area contributed by atoms with Crippen LogP contribution in [-0.2, 0) is 4.74 Å². The zero-order valence-corrected chi connectivity index (χ0v) is 4.97. The Labute approximate surface area is 50.3 Å². The van der Waals surface area contributed by atoms with E-state index in [1.807, 2.05) is 6.08 Å². The highest BCUT2D eigenvalue weighted by Crippen LogP contribution is 2.14. The number of ether oxygens (including phenoxy) is 1. The van der Waals surface area contributed by atoms with E-state index in [4.69, 9.17) is 4.74 Å². The molecule has 1 radical (unpaired) electrons. The molecule has 0 unspecified atom stereocenters. The van der Waals surface area contributed by atoms with E-state index < -0.39 is 0 Å². The van der Waals surface area contributed by atoms with Gasteiger partial charge in [-0.25, -0.2) is 0 Å². The molecule has 45 valence electrons. The SMILES string of the molecule is C=CC[CH]C1COC1. The Kier molecular flexibility index (Phi) is 2.10. The van der Waals surface area contributed by atoms with Gasteiger partial charge in [0.15, 0.2) is 0 Å². The minimum atomic E-state index is 0.716. The quantitative estimate of drug-likeness (QED) is 0.500. The molecule has 1 aliphatic rings. The van der Waals surface area contributed by atoms with Gasteiger partial charge in [0.2, 0.25) is 0 Å². The molecule has 0 bridgehead atoms. The largest absolute Gasteiger partial charge is 0.381 e. The van der Waals surface area contributed by atoms with E-state index >= 15 is 0 Å². The first-order chi connectivity index (χ1) is 3.93. The molecule has 1 nitrogen and oxygen atoms in total. The van der Waals surface area contributed by atoms with E-state index in [0.717, 1.165) is 19.6 Å². The second-order valence-electron chi connectivity index (χ2n) is 2.06. The highest BCUT2D eigenvalue weighted by molar-refractivity contribution is 4.86. The van der Waals surface area contributed by atoms with Gasteiger partial charge in [-0.3, -0.25) is 0 Å². The maximum absolute atomic E-state index is 4.97. The van der Waals surface area contributed by atoms with E-state index in [0.29, 0.717) is 5.92 Å². The Morgan fingerprint density at radius 1 is 1.62 bits per heavy atom. The Balaban J connectivity index is 1.93. The summed E-state index contributed by atoms with van der Waals surface area (Å²) >= 11 is 0. The van der Waals surface area contributed by atoms with Crippen molar-refractivity contribution in [3.05, 3.63) is 19.1 Å². The average molecular weight is 111 g/mol. The Morgan fingerprint density at radius 3 is 2.75 bits per heavy atom. The first-order valence-corrected chi connectivity index (χ1v) is 2.95. The topological polar surface area (TPSA) is 9.23 Å². The molecule has 1 fully saturated rings. The normalized spacial score (nSPS) is 20.0. The van der Waals surface area contributed by atoms with Gasteiger partial charge in [-0.15, -0.1) is 6.58 Å². The third-order valence-electron chi connectivity index (χ3n) is 1.30. The zero-order chi connectivity index (χ0) is 5.82. The van der Waals surface area contributed by atoms with Gasteiger partial charge in [0, 0.05) is 5.92 Å². The average Bonchev–Trinajstić information content (AvgIpc) is 1.63. The molecule has 0 N–H and O–H groups in total. The van der Waals surface area contributed by atoms with Crippen LogP contribution in [-0.4, -0.2) is 13.2 Å². The van der Waals surface area contributed by atoms with Gasteiger partial charge < -0.3 is 4.74 Å². The minimum absolute atomic E-state index is 0.716. The van der Waals surface area contributed by atoms with Crippen molar-refractivity contribution < 1.29 is 4.74 Å². The Bertz CT molecular complexity index is 74.5. The van der Waals surface area contributed by atoms with Gasteiger partial charge in [-0.05, 0) is 12.8 Å². The number of rotatable bonds is 3. The van der Waals surface area contributed by atoms with Crippen LogP contribution in [0.5, 0.6) is 0 Å². The van der Waals surface area contributed by atoms with Crippen LogP contribution in [0.15, 0.2) is 12.7 Å². The molecular formula is C7H11O. The van der Waals surface area contributed by atoms with Crippen molar-refractivity contribution in [3.8, 4) is 0 Å². The van der Waals surface area contributed by atoms with E-state index in [1.165, 1.54) is 0 Å². The molecule has 1 heteroatoms. The van der Waals surface area contributed by atoms with Gasteiger partial charge in [0.1, 0.15) is 0 Å². The molecule has 0 aromatic heterocycles. The summed E-state index contributed by atoms with van der Waals surface area (Å²) in [7, 11) is 0. The van der Waals surface area contributed by atoms with E-state index in [2.05, 4.69) is 13.0 Å². The third-order valence-corrected chi connectivity index (χ3v) is 1.30. The summed E-state index contributed by atoms with van der Waals surface area (Å²) in [5, 5.41) is 0. The molecule has 0 atom stereocenters. The highest BCUT2D eigenvalue weighted by Gasteiger charge is 2.16. The Hall–Kier alpha value is -0.300. The van der Waals surface area contributed by atoms with Crippen molar-refractivity contribution >= 4 is 0 Å². The lowest BCUT2D eigenvalue weighted by atomic mass is 10.0. The maximum Gasteiger partial charge on any atom is 0.0519 e. The maximum atomic E-state index is 4.97. The minimum Gasteiger partial charge on any atom is -0.381 e. The lowest BCUT2D eigenvalue weighted by molar-refractivity contribution is -0.0161. The third kappa shape index (κ3) is 1.34. The standard InChI is InChI=1S/C7H11O/c1-2-3-4-7-5-8-6-7/h2,4,7H,1,3,5-6H2. The molecular weight excluding hydrogens is 100 g/mol. The first-order valence-electron chi connectivity index (χ1n) is 2.95. The van der Waals surface area contributed by atoms with Crippen LogP contribution >= 0.6 is 0 Å². The fraction of sp³-hybridized carbons (Fsp3) is 0.571. The molecule has 0 aliphatic carbocycles. The first kappa shape index (κ1) is 5.83. The summed E-state index contributed by atoms with van der Waals surface area (Å²) in [6, 6.07) is 0. The Morgan fingerprint density at radius 2 is 2.38 bits per heavy atom. The van der Waals surface area contributed by atoms with Crippen molar-refractivity contribution in [3.63, 3.8) is 0 Å². The summed E-state index contributed by atoms with van der Waals surface area (Å²) in [5.41, 5.74) is 0. The molecule has 1 saturated heterocycles. The van der Waals surface area contributed by atoms with Crippen LogP contribution in [0.1, 0.15) is 6.42 Å². The zero-order valence-electron chi connectivity index (χ0n) is 4.97. The summed E-state index contributed by atoms with van der Waals surface area (Å²) in [4.78, 5) is 0. The summed E-state index contributed by atoms with van der Waals surface area (Å²) in [6.07, 6.45) is 5.18. The van der Waals surface area contributed by atoms with Crippen molar-refractivity contribution in [2.45, 2.75) is 6.42 Å². The van der Waals surface area contributed by atoms with Gasteiger partial charge in [-0.1, -0.05) is 6.08 Å². The summed E-state index contributed by atoms with van der Waals surface area (Å²) in [6.45, 7) is 5.47. The van der Waals surface area contributed by atoms with E-state index in [9.17, 15) is 0 Å². The van der Waals surface area contributed by atoms with E-state index in [-0.39, 0.29) is 0 Å². The van der Waals surface area contributed by atoms with Gasteiger partial charge >= 0.3 is 0 Å². The number of allylic oxidation sites excluding steroid dienone is 1. The number of hydrogen-bond acceptors (Lipinski definition) is 1. The predicted molar refractivity (Wildman–Crippen MR) is 33.4 cm³/mol. The summed E-state index contributed by atoms with van der Waals surface area (Å²) in [5.74, 6) is 0.716. The van der Waals surface area contributed by atoms with Crippen molar-refractivity contribution in [1.82, 2.24) is 0 Å². The van der Waals surface area contributed by atoms with Crippen LogP contribution in [0.25, 0.3) is 0 Å². The fourth-order valence-corrected chi connectivity index (χ4v) is 0.679. The van der Waals surface area contributed by atoms with Crippen LogP contribution in [0.3, 0.4) is 0 Å². The molecule has 0 saturated carbocycles. The fourth-order valence-electron chi connectivity index (χ4n) is 0.679. The molecule has 1 rings (SSSR count). The predicted octanol–water partition coefficient (Wildman–Crippen LogP) is 1.41. The second-order valence-corrected chi connectivity index (χ2v) is 2.06.